The summed E-state index contributed by atoms with van der Waals surface area (Å²) in [7, 11) is 0. The predicted molar refractivity (Wildman–Crippen MR) is 91.0 cm³/mol. The number of rotatable bonds is 2. The lowest BCUT2D eigenvalue weighted by molar-refractivity contribution is -0.136. The maximum Gasteiger partial charge on any atom is 0.317 e. The summed E-state index contributed by atoms with van der Waals surface area (Å²) in [5.41, 5.74) is 5.82. The smallest absolute Gasteiger partial charge is 0.317 e. The Morgan fingerprint density at radius 1 is 1.00 bits per heavy atom. The molecule has 1 heterocycles. The maximum atomic E-state index is 12.4. The molecule has 2 rings (SSSR count). The lowest BCUT2D eigenvalue weighted by Crippen LogP contribution is -2.58. The predicted octanol–water partition coefficient (Wildman–Crippen LogP) is 1.55. The molecule has 2 fully saturated rings. The van der Waals surface area contributed by atoms with Crippen LogP contribution in [0.4, 0.5) is 4.79 Å². The molecule has 0 radical (unpaired) electrons. The fourth-order valence-corrected chi connectivity index (χ4v) is 3.21. The molecule has 3 amide bonds. The van der Waals surface area contributed by atoms with Gasteiger partial charge in [0.2, 0.25) is 5.91 Å². The third-order valence-corrected chi connectivity index (χ3v) is 5.01. The SMILES string of the molecule is CC(C)(C)[C@H](N)C(=O)N1CCN(C(=O)NC2CCCCC2)CC1. The molecule has 0 aromatic heterocycles. The van der Waals surface area contributed by atoms with Crippen LogP contribution in [0.3, 0.4) is 0 Å². The van der Waals surface area contributed by atoms with Crippen molar-refractivity contribution in [2.24, 2.45) is 11.1 Å². The average Bonchev–Trinajstić information content (AvgIpc) is 2.53. The first kappa shape index (κ1) is 18.0. The molecule has 3 N–H and O–H groups in total. The normalized spacial score (nSPS) is 21.9. The first-order valence-electron chi connectivity index (χ1n) is 8.89. The van der Waals surface area contributed by atoms with Crippen LogP contribution in [0, 0.1) is 5.41 Å². The van der Waals surface area contributed by atoms with Gasteiger partial charge >= 0.3 is 6.03 Å². The Morgan fingerprint density at radius 3 is 2.04 bits per heavy atom. The number of piperazine rings is 1. The van der Waals surface area contributed by atoms with Gasteiger partial charge in [0, 0.05) is 32.2 Å². The number of nitrogens with two attached hydrogens (primary N) is 1. The summed E-state index contributed by atoms with van der Waals surface area (Å²) in [5.74, 6) is -0.00941. The van der Waals surface area contributed by atoms with Crippen molar-refractivity contribution < 1.29 is 9.59 Å². The zero-order chi connectivity index (χ0) is 17.0. The van der Waals surface area contributed by atoms with Gasteiger partial charge in [0.15, 0.2) is 0 Å². The molecule has 23 heavy (non-hydrogen) atoms. The third-order valence-electron chi connectivity index (χ3n) is 5.01. The molecule has 132 valence electrons. The Hall–Kier alpha value is -1.30. The van der Waals surface area contributed by atoms with E-state index in [9.17, 15) is 9.59 Å². The number of carbonyl (C=O) groups is 2. The van der Waals surface area contributed by atoms with Crippen molar-refractivity contribution in [2.45, 2.75) is 65.0 Å². The quantitative estimate of drug-likeness (QED) is 0.809. The van der Waals surface area contributed by atoms with Crippen molar-refractivity contribution >= 4 is 11.9 Å². The summed E-state index contributed by atoms with van der Waals surface area (Å²) in [5, 5.41) is 3.14. The number of urea groups is 1. The fraction of sp³-hybridized carbons (Fsp3) is 0.882. The molecule has 6 heteroatoms. The van der Waals surface area contributed by atoms with Gasteiger partial charge in [0.25, 0.3) is 0 Å². The molecule has 0 unspecified atom stereocenters. The summed E-state index contributed by atoms with van der Waals surface area (Å²) in [6.45, 7) is 8.24. The van der Waals surface area contributed by atoms with Gasteiger partial charge in [-0.25, -0.2) is 4.79 Å². The minimum Gasteiger partial charge on any atom is -0.338 e. The summed E-state index contributed by atoms with van der Waals surface area (Å²) >= 11 is 0. The van der Waals surface area contributed by atoms with Gasteiger partial charge in [-0.1, -0.05) is 40.0 Å². The zero-order valence-electron chi connectivity index (χ0n) is 14.8. The van der Waals surface area contributed by atoms with E-state index >= 15 is 0 Å². The molecule has 1 saturated carbocycles. The van der Waals surface area contributed by atoms with Crippen molar-refractivity contribution in [3.63, 3.8) is 0 Å². The fourth-order valence-electron chi connectivity index (χ4n) is 3.21. The lowest BCUT2D eigenvalue weighted by Gasteiger charge is -2.38. The first-order valence-corrected chi connectivity index (χ1v) is 8.89. The summed E-state index contributed by atoms with van der Waals surface area (Å²) < 4.78 is 0. The third kappa shape index (κ3) is 4.83. The Balaban J connectivity index is 1.79. The number of carbonyl (C=O) groups excluding carboxylic acids is 2. The molecule has 6 nitrogen and oxygen atoms in total. The number of nitrogens with zero attached hydrogens (tertiary/aromatic N) is 2. The van der Waals surface area contributed by atoms with Crippen LogP contribution in [0.5, 0.6) is 0 Å². The van der Waals surface area contributed by atoms with E-state index in [1.54, 1.807) is 4.90 Å². The minimum absolute atomic E-state index is 0.00941. The average molecular weight is 324 g/mol. The van der Waals surface area contributed by atoms with E-state index in [2.05, 4.69) is 5.32 Å². The summed E-state index contributed by atoms with van der Waals surface area (Å²) in [6.07, 6.45) is 5.87. The van der Waals surface area contributed by atoms with Crippen LogP contribution in [-0.2, 0) is 4.79 Å². The summed E-state index contributed by atoms with van der Waals surface area (Å²) in [4.78, 5) is 28.4. The maximum absolute atomic E-state index is 12.4. The van der Waals surface area contributed by atoms with Crippen LogP contribution in [0.1, 0.15) is 52.9 Å². The van der Waals surface area contributed by atoms with E-state index in [4.69, 9.17) is 5.73 Å². The van der Waals surface area contributed by atoms with E-state index in [1.807, 2.05) is 25.7 Å². The van der Waals surface area contributed by atoms with E-state index in [0.29, 0.717) is 32.2 Å². The second-order valence-electron chi connectivity index (χ2n) is 7.94. The van der Waals surface area contributed by atoms with Crippen LogP contribution < -0.4 is 11.1 Å². The van der Waals surface area contributed by atoms with Gasteiger partial charge in [0.1, 0.15) is 0 Å². The van der Waals surface area contributed by atoms with Crippen LogP contribution in [0.2, 0.25) is 0 Å². The molecule has 1 aliphatic carbocycles. The highest BCUT2D eigenvalue weighted by molar-refractivity contribution is 5.83. The first-order chi connectivity index (χ1) is 10.8. The lowest BCUT2D eigenvalue weighted by atomic mass is 9.86. The highest BCUT2D eigenvalue weighted by atomic mass is 16.2. The van der Waals surface area contributed by atoms with Crippen LogP contribution in [0.15, 0.2) is 0 Å². The van der Waals surface area contributed by atoms with Gasteiger partial charge in [-0.3, -0.25) is 4.79 Å². The van der Waals surface area contributed by atoms with Gasteiger partial charge in [-0.15, -0.1) is 0 Å². The Labute approximate surface area is 139 Å². The van der Waals surface area contributed by atoms with E-state index < -0.39 is 6.04 Å². The molecule has 0 spiro atoms. The van der Waals surface area contributed by atoms with Crippen molar-refractivity contribution in [3.05, 3.63) is 0 Å². The van der Waals surface area contributed by atoms with Gasteiger partial charge in [0.05, 0.1) is 6.04 Å². The highest BCUT2D eigenvalue weighted by Crippen LogP contribution is 2.20. The molecular formula is C17H32N4O2. The molecule has 0 aromatic carbocycles. The van der Waals surface area contributed by atoms with E-state index in [1.165, 1.54) is 19.3 Å². The molecule has 1 atom stereocenters. The van der Waals surface area contributed by atoms with Gasteiger partial charge < -0.3 is 20.9 Å². The molecule has 1 aliphatic heterocycles. The van der Waals surface area contributed by atoms with E-state index in [0.717, 1.165) is 12.8 Å². The Kier molecular flexibility index (Phi) is 5.89. The van der Waals surface area contributed by atoms with Crippen LogP contribution >= 0.6 is 0 Å². The monoisotopic (exact) mass is 324 g/mol. The number of hydrogen-bond acceptors (Lipinski definition) is 3. The molecule has 0 aromatic rings. The molecule has 0 bridgehead atoms. The largest absolute Gasteiger partial charge is 0.338 e. The van der Waals surface area contributed by atoms with Crippen molar-refractivity contribution in [2.75, 3.05) is 26.2 Å². The van der Waals surface area contributed by atoms with Gasteiger partial charge in [-0.05, 0) is 18.3 Å². The van der Waals surface area contributed by atoms with Crippen molar-refractivity contribution in [1.82, 2.24) is 15.1 Å². The van der Waals surface area contributed by atoms with Crippen LogP contribution in [-0.4, -0.2) is 60.0 Å². The zero-order valence-corrected chi connectivity index (χ0v) is 14.8. The second kappa shape index (κ2) is 7.51. The molecule has 2 aliphatic rings. The van der Waals surface area contributed by atoms with E-state index in [-0.39, 0.29) is 17.4 Å². The number of hydrogen-bond donors (Lipinski definition) is 2. The highest BCUT2D eigenvalue weighted by Gasteiger charge is 2.33. The minimum atomic E-state index is -0.495. The Morgan fingerprint density at radius 2 is 1.52 bits per heavy atom. The van der Waals surface area contributed by atoms with Crippen molar-refractivity contribution in [1.29, 1.82) is 0 Å². The van der Waals surface area contributed by atoms with Crippen molar-refractivity contribution in [3.8, 4) is 0 Å². The number of nitrogens with one attached hydrogen (secondary N) is 1. The van der Waals surface area contributed by atoms with Gasteiger partial charge in [-0.2, -0.15) is 0 Å². The summed E-state index contributed by atoms with van der Waals surface area (Å²) in [6, 6.07) is -0.153. The molecule has 1 saturated heterocycles. The van der Waals surface area contributed by atoms with Crippen LogP contribution in [0.25, 0.3) is 0 Å². The second-order valence-corrected chi connectivity index (χ2v) is 7.94. The number of amides is 3. The standard InChI is InChI=1S/C17H32N4O2/c1-17(2,3)14(18)15(22)20-9-11-21(12-10-20)16(23)19-13-7-5-4-6-8-13/h13-14H,4-12,18H2,1-3H3,(H,19,23)/t14-/m1/s1. The molecular weight excluding hydrogens is 292 g/mol. The topological polar surface area (TPSA) is 78.7 Å². The Bertz CT molecular complexity index is 419.